The number of benzene rings is 5. The molecule has 5 aromatic carbocycles. The topological polar surface area (TPSA) is 64.5 Å². The van der Waals surface area contributed by atoms with Gasteiger partial charge in [0.1, 0.15) is 0 Å². The van der Waals surface area contributed by atoms with Crippen LogP contribution in [0.4, 0.5) is 0 Å². The monoisotopic (exact) mass is 639 g/mol. The van der Waals surface area contributed by atoms with Crippen LogP contribution in [0, 0.1) is 0 Å². The second-order valence-corrected chi connectivity index (χ2v) is 12.1. The van der Waals surface area contributed by atoms with Crippen molar-refractivity contribution in [1.82, 2.24) is 24.9 Å². The number of para-hydroxylation sites is 1. The quantitative estimate of drug-likeness (QED) is 0.169. The van der Waals surface area contributed by atoms with Gasteiger partial charge in [0.15, 0.2) is 5.82 Å². The number of aromatic nitrogens is 5. The van der Waals surface area contributed by atoms with E-state index in [-0.39, 0.29) is 0 Å². The van der Waals surface area contributed by atoms with Gasteiger partial charge in [-0.15, -0.1) is 0 Å². The molecule has 5 nitrogen and oxygen atoms in total. The molecule has 4 aromatic heterocycles. The van der Waals surface area contributed by atoms with Crippen LogP contribution >= 0.6 is 0 Å². The lowest BCUT2D eigenvalue weighted by atomic mass is 10.0. The molecule has 0 unspecified atom stereocenters. The first kappa shape index (κ1) is 29.3. The summed E-state index contributed by atoms with van der Waals surface area (Å²) >= 11 is 0. The van der Waals surface area contributed by atoms with Crippen molar-refractivity contribution in [3.05, 3.63) is 176 Å². The van der Waals surface area contributed by atoms with Gasteiger partial charge in [-0.2, -0.15) is 0 Å². The zero-order chi connectivity index (χ0) is 33.3. The molecule has 234 valence electrons. The van der Waals surface area contributed by atoms with Crippen LogP contribution in [0.15, 0.2) is 176 Å². The van der Waals surface area contributed by atoms with Crippen molar-refractivity contribution in [2.24, 2.45) is 0 Å². The molecule has 0 radical (unpaired) electrons. The molecule has 0 saturated heterocycles. The van der Waals surface area contributed by atoms with Gasteiger partial charge in [-0.1, -0.05) is 133 Å². The van der Waals surface area contributed by atoms with E-state index in [1.807, 2.05) is 79.0 Å². The number of pyridine rings is 3. The van der Waals surface area contributed by atoms with Gasteiger partial charge in [0, 0.05) is 33.7 Å². The van der Waals surface area contributed by atoms with Crippen LogP contribution in [-0.2, 0) is 0 Å². The Labute approximate surface area is 289 Å². The van der Waals surface area contributed by atoms with E-state index in [0.717, 1.165) is 78.1 Å². The predicted octanol–water partition coefficient (Wildman–Crippen LogP) is 11.0. The van der Waals surface area contributed by atoms with Crippen molar-refractivity contribution in [3.8, 4) is 67.8 Å². The number of rotatable bonds is 6. The first-order chi connectivity index (χ1) is 24.8. The Morgan fingerprint density at radius 3 is 1.66 bits per heavy atom. The van der Waals surface area contributed by atoms with Crippen LogP contribution in [0.25, 0.3) is 89.5 Å². The summed E-state index contributed by atoms with van der Waals surface area (Å²) in [6, 6.07) is 57.8. The van der Waals surface area contributed by atoms with Crippen molar-refractivity contribution in [2.45, 2.75) is 0 Å². The lowest BCUT2D eigenvalue weighted by molar-refractivity contribution is 1.16. The molecule has 0 fully saturated rings. The predicted molar refractivity (Wildman–Crippen MR) is 203 cm³/mol. The molecule has 0 aliphatic heterocycles. The Bertz CT molecular complexity index is 2620. The largest absolute Gasteiger partial charge is 0.254 e. The van der Waals surface area contributed by atoms with Gasteiger partial charge in [-0.25, -0.2) is 19.9 Å². The Hall–Kier alpha value is -6.85. The lowest BCUT2D eigenvalue weighted by Gasteiger charge is -2.11. The minimum absolute atomic E-state index is 0.653. The van der Waals surface area contributed by atoms with Crippen LogP contribution in [0.2, 0.25) is 0 Å². The maximum atomic E-state index is 5.08. The van der Waals surface area contributed by atoms with Crippen molar-refractivity contribution >= 4 is 21.7 Å². The van der Waals surface area contributed by atoms with Gasteiger partial charge < -0.3 is 0 Å². The SMILES string of the molecule is c1ccc(-c2ccc(-c3cc(-c4ccc(-c5cccc(-c6nc7ccccc7c7ccccc67)n5)cn4)nc(-c4ccccc4)n3)cc2)cc1. The third-order valence-electron chi connectivity index (χ3n) is 8.97. The lowest BCUT2D eigenvalue weighted by Crippen LogP contribution is -1.97. The molecule has 0 amide bonds. The highest BCUT2D eigenvalue weighted by molar-refractivity contribution is 6.10. The first-order valence-corrected chi connectivity index (χ1v) is 16.6. The summed E-state index contributed by atoms with van der Waals surface area (Å²) in [5, 5.41) is 3.38. The molecule has 5 heteroatoms. The van der Waals surface area contributed by atoms with Crippen LogP contribution < -0.4 is 0 Å². The molecule has 9 aromatic rings. The summed E-state index contributed by atoms with van der Waals surface area (Å²) in [7, 11) is 0. The van der Waals surface area contributed by atoms with E-state index in [1.54, 1.807) is 0 Å². The molecular weight excluding hydrogens is 611 g/mol. The third-order valence-corrected chi connectivity index (χ3v) is 8.97. The number of nitrogens with zero attached hydrogens (tertiary/aromatic N) is 5. The van der Waals surface area contributed by atoms with E-state index in [1.165, 1.54) is 5.56 Å². The Morgan fingerprint density at radius 1 is 0.300 bits per heavy atom. The van der Waals surface area contributed by atoms with Gasteiger partial charge in [0.2, 0.25) is 0 Å². The minimum atomic E-state index is 0.653. The third kappa shape index (κ3) is 5.57. The Balaban J connectivity index is 1.08. The second kappa shape index (κ2) is 12.6. The highest BCUT2D eigenvalue weighted by atomic mass is 14.9. The summed E-state index contributed by atoms with van der Waals surface area (Å²) < 4.78 is 0. The van der Waals surface area contributed by atoms with Gasteiger partial charge in [-0.05, 0) is 52.9 Å². The van der Waals surface area contributed by atoms with E-state index in [0.29, 0.717) is 5.82 Å². The molecule has 0 spiro atoms. The normalized spacial score (nSPS) is 11.2. The van der Waals surface area contributed by atoms with Crippen molar-refractivity contribution in [1.29, 1.82) is 0 Å². The molecule has 50 heavy (non-hydrogen) atoms. The Morgan fingerprint density at radius 2 is 0.900 bits per heavy atom. The number of hydrogen-bond donors (Lipinski definition) is 0. The fourth-order valence-electron chi connectivity index (χ4n) is 6.43. The highest BCUT2D eigenvalue weighted by Crippen LogP contribution is 2.33. The summed E-state index contributed by atoms with van der Waals surface area (Å²) in [5.74, 6) is 0.653. The molecule has 0 bridgehead atoms. The average molecular weight is 640 g/mol. The van der Waals surface area contributed by atoms with Crippen molar-refractivity contribution in [3.63, 3.8) is 0 Å². The van der Waals surface area contributed by atoms with Gasteiger partial charge in [0.25, 0.3) is 0 Å². The summed E-state index contributed by atoms with van der Waals surface area (Å²) in [4.78, 5) is 25.0. The molecule has 9 rings (SSSR count). The molecule has 0 atom stereocenters. The number of hydrogen-bond acceptors (Lipinski definition) is 5. The van der Waals surface area contributed by atoms with Crippen LogP contribution in [0.5, 0.6) is 0 Å². The zero-order valence-electron chi connectivity index (χ0n) is 27.0. The molecule has 0 N–H and O–H groups in total. The van der Waals surface area contributed by atoms with Crippen LogP contribution in [-0.4, -0.2) is 24.9 Å². The average Bonchev–Trinajstić information content (AvgIpc) is 3.21. The maximum Gasteiger partial charge on any atom is 0.160 e. The Kier molecular flexibility index (Phi) is 7.41. The smallest absolute Gasteiger partial charge is 0.160 e. The van der Waals surface area contributed by atoms with Crippen molar-refractivity contribution < 1.29 is 0 Å². The summed E-state index contributed by atoms with van der Waals surface area (Å²) in [6.07, 6.45) is 1.87. The van der Waals surface area contributed by atoms with E-state index < -0.39 is 0 Å². The van der Waals surface area contributed by atoms with E-state index >= 15 is 0 Å². The molecule has 0 saturated carbocycles. The van der Waals surface area contributed by atoms with E-state index in [2.05, 4.69) is 97.1 Å². The van der Waals surface area contributed by atoms with Gasteiger partial charge in [0.05, 0.1) is 39.7 Å². The van der Waals surface area contributed by atoms with Crippen molar-refractivity contribution in [2.75, 3.05) is 0 Å². The molecule has 4 heterocycles. The van der Waals surface area contributed by atoms with Gasteiger partial charge in [-0.3, -0.25) is 4.98 Å². The standard InChI is InChI=1S/C45H29N5/c1-3-12-30(13-4-1)31-22-24-32(25-23-31)42-28-43(50-45(49-42)33-14-5-2-6-15-33)40-27-26-34(29-46-40)38-20-11-21-41(47-38)44-37-18-8-7-16-35(37)36-17-9-10-19-39(36)48-44/h1-29H. The minimum Gasteiger partial charge on any atom is -0.254 e. The zero-order valence-corrected chi connectivity index (χ0v) is 27.0. The molecule has 0 aliphatic rings. The summed E-state index contributed by atoms with van der Waals surface area (Å²) in [5.41, 5.74) is 11.0. The van der Waals surface area contributed by atoms with E-state index in [4.69, 9.17) is 24.9 Å². The maximum absolute atomic E-state index is 5.08. The molecular formula is C45H29N5. The fraction of sp³-hybridized carbons (Fsp3) is 0. The summed E-state index contributed by atoms with van der Waals surface area (Å²) in [6.45, 7) is 0. The fourth-order valence-corrected chi connectivity index (χ4v) is 6.43. The molecule has 0 aliphatic carbocycles. The second-order valence-electron chi connectivity index (χ2n) is 12.1. The van der Waals surface area contributed by atoms with E-state index in [9.17, 15) is 0 Å². The first-order valence-electron chi connectivity index (χ1n) is 16.6. The van der Waals surface area contributed by atoms with Crippen LogP contribution in [0.3, 0.4) is 0 Å². The van der Waals surface area contributed by atoms with Crippen LogP contribution in [0.1, 0.15) is 0 Å². The highest BCUT2D eigenvalue weighted by Gasteiger charge is 2.14. The number of fused-ring (bicyclic) bond motifs is 3. The van der Waals surface area contributed by atoms with Gasteiger partial charge >= 0.3 is 0 Å².